The molecule has 8 heteroatoms. The summed E-state index contributed by atoms with van der Waals surface area (Å²) in [6, 6.07) is 12.4. The van der Waals surface area contributed by atoms with Crippen molar-refractivity contribution < 1.29 is 27.1 Å². The fourth-order valence-electron chi connectivity index (χ4n) is 2.39. The number of ether oxygens (including phenoxy) is 1. The highest BCUT2D eigenvalue weighted by atomic mass is 19.4. The first-order chi connectivity index (χ1) is 12.8. The quantitative estimate of drug-likeness (QED) is 0.691. The fourth-order valence-corrected chi connectivity index (χ4v) is 2.39. The number of amides is 1. The first-order valence-electron chi connectivity index (χ1n) is 7.91. The molecule has 0 radical (unpaired) electrons. The number of rotatable bonds is 5. The third-order valence-electron chi connectivity index (χ3n) is 3.71. The molecule has 1 amide bonds. The predicted octanol–water partition coefficient (Wildman–Crippen LogP) is 3.51. The Bertz CT molecular complexity index is 1030. The molecule has 0 atom stereocenters. The number of halogens is 3. The van der Waals surface area contributed by atoms with Gasteiger partial charge in [0.25, 0.3) is 5.91 Å². The average Bonchev–Trinajstić information content (AvgIpc) is 2.64. The van der Waals surface area contributed by atoms with Crippen LogP contribution >= 0.6 is 0 Å². The molecule has 2 aromatic carbocycles. The van der Waals surface area contributed by atoms with Crippen LogP contribution in [0.2, 0.25) is 0 Å². The molecule has 1 N–H and O–H groups in total. The van der Waals surface area contributed by atoms with Crippen molar-refractivity contribution in [1.82, 2.24) is 5.32 Å². The first kappa shape index (κ1) is 18.5. The van der Waals surface area contributed by atoms with Crippen LogP contribution in [0.15, 0.2) is 63.8 Å². The summed E-state index contributed by atoms with van der Waals surface area (Å²) in [6.07, 6.45) is -4.44. The molecule has 0 spiro atoms. The van der Waals surface area contributed by atoms with Gasteiger partial charge in [-0.2, -0.15) is 13.2 Å². The predicted molar refractivity (Wildman–Crippen MR) is 91.3 cm³/mol. The van der Waals surface area contributed by atoms with Crippen molar-refractivity contribution in [3.63, 3.8) is 0 Å². The van der Waals surface area contributed by atoms with E-state index < -0.39 is 23.3 Å². The van der Waals surface area contributed by atoms with Crippen molar-refractivity contribution >= 4 is 16.9 Å². The zero-order valence-electron chi connectivity index (χ0n) is 13.9. The van der Waals surface area contributed by atoms with Crippen LogP contribution in [0.1, 0.15) is 11.1 Å². The van der Waals surface area contributed by atoms with Gasteiger partial charge in [0.05, 0.1) is 5.56 Å². The van der Waals surface area contributed by atoms with Gasteiger partial charge in [-0.3, -0.25) is 4.79 Å². The Labute approximate surface area is 151 Å². The van der Waals surface area contributed by atoms with Crippen LogP contribution in [0.4, 0.5) is 13.2 Å². The van der Waals surface area contributed by atoms with Crippen molar-refractivity contribution in [1.29, 1.82) is 0 Å². The molecule has 3 aromatic rings. The van der Waals surface area contributed by atoms with Gasteiger partial charge in [-0.15, -0.1) is 0 Å². The Morgan fingerprint density at radius 1 is 1.07 bits per heavy atom. The van der Waals surface area contributed by atoms with Gasteiger partial charge in [-0.25, -0.2) is 4.79 Å². The van der Waals surface area contributed by atoms with Gasteiger partial charge in [-0.05, 0) is 35.9 Å². The maximum Gasteiger partial charge on any atom is 0.416 e. The Balaban J connectivity index is 1.56. The van der Waals surface area contributed by atoms with Crippen molar-refractivity contribution in [2.75, 3.05) is 6.61 Å². The van der Waals surface area contributed by atoms with Crippen LogP contribution in [0.5, 0.6) is 5.75 Å². The monoisotopic (exact) mass is 377 g/mol. The van der Waals surface area contributed by atoms with Crippen molar-refractivity contribution in [2.24, 2.45) is 0 Å². The van der Waals surface area contributed by atoms with E-state index in [0.29, 0.717) is 22.3 Å². The third-order valence-corrected chi connectivity index (χ3v) is 3.71. The number of hydrogen-bond acceptors (Lipinski definition) is 4. The lowest BCUT2D eigenvalue weighted by atomic mass is 10.1. The summed E-state index contributed by atoms with van der Waals surface area (Å²) in [5.41, 5.74) is -0.628. The summed E-state index contributed by atoms with van der Waals surface area (Å²) in [5, 5.41) is 3.19. The minimum absolute atomic E-state index is 0.0568. The fraction of sp³-hybridized carbons (Fsp3) is 0.158. The number of carbonyl (C=O) groups is 1. The molecule has 0 aliphatic rings. The maximum atomic E-state index is 12.7. The lowest BCUT2D eigenvalue weighted by molar-refractivity contribution is -0.137. The first-order valence-corrected chi connectivity index (χ1v) is 7.91. The van der Waals surface area contributed by atoms with E-state index in [0.717, 1.165) is 12.1 Å². The molecule has 0 unspecified atom stereocenters. The summed E-state index contributed by atoms with van der Waals surface area (Å²) in [4.78, 5) is 23.1. The molecule has 0 aliphatic carbocycles. The van der Waals surface area contributed by atoms with Crippen molar-refractivity contribution in [2.45, 2.75) is 12.7 Å². The van der Waals surface area contributed by atoms with E-state index in [9.17, 15) is 22.8 Å². The summed E-state index contributed by atoms with van der Waals surface area (Å²) in [7, 11) is 0. The average molecular weight is 377 g/mol. The molecule has 27 heavy (non-hydrogen) atoms. The van der Waals surface area contributed by atoms with Crippen LogP contribution in [-0.2, 0) is 17.5 Å². The topological polar surface area (TPSA) is 68.5 Å². The second kappa shape index (κ2) is 7.53. The Morgan fingerprint density at radius 3 is 2.63 bits per heavy atom. The molecular weight excluding hydrogens is 363 g/mol. The normalized spacial score (nSPS) is 11.4. The number of benzene rings is 2. The van der Waals surface area contributed by atoms with Crippen LogP contribution in [0.3, 0.4) is 0 Å². The minimum Gasteiger partial charge on any atom is -0.484 e. The van der Waals surface area contributed by atoms with E-state index >= 15 is 0 Å². The van der Waals surface area contributed by atoms with E-state index in [2.05, 4.69) is 5.32 Å². The summed E-state index contributed by atoms with van der Waals surface area (Å²) >= 11 is 0. The highest BCUT2D eigenvalue weighted by Gasteiger charge is 2.30. The van der Waals surface area contributed by atoms with Gasteiger partial charge in [0.2, 0.25) is 0 Å². The summed E-state index contributed by atoms with van der Waals surface area (Å²) in [6.45, 7) is -0.389. The molecule has 3 rings (SSSR count). The van der Waals surface area contributed by atoms with Crippen molar-refractivity contribution in [3.05, 3.63) is 76.1 Å². The van der Waals surface area contributed by atoms with Crippen LogP contribution in [0, 0.1) is 0 Å². The van der Waals surface area contributed by atoms with E-state index in [1.807, 2.05) is 0 Å². The molecule has 140 valence electrons. The minimum atomic E-state index is -4.44. The van der Waals surface area contributed by atoms with Gasteiger partial charge >= 0.3 is 11.8 Å². The lowest BCUT2D eigenvalue weighted by Gasteiger charge is -2.10. The molecule has 5 nitrogen and oxygen atoms in total. The Kier molecular flexibility index (Phi) is 5.16. The molecule has 0 aliphatic heterocycles. The summed E-state index contributed by atoms with van der Waals surface area (Å²) < 4.78 is 48.4. The number of fused-ring (bicyclic) bond motifs is 1. The SMILES string of the molecule is O=C(COc1ccc2ccc(=O)oc2c1)NCc1cccc(C(F)(F)F)c1. The molecule has 0 fully saturated rings. The highest BCUT2D eigenvalue weighted by Crippen LogP contribution is 2.29. The van der Waals surface area contributed by atoms with Crippen LogP contribution in [-0.4, -0.2) is 12.5 Å². The number of nitrogens with one attached hydrogen (secondary N) is 1. The van der Waals surface area contributed by atoms with E-state index in [4.69, 9.17) is 9.15 Å². The number of alkyl halides is 3. The molecular formula is C19H14F3NO4. The molecule has 1 heterocycles. The van der Waals surface area contributed by atoms with E-state index in [1.165, 1.54) is 24.3 Å². The zero-order chi connectivity index (χ0) is 19.4. The maximum absolute atomic E-state index is 12.7. The lowest BCUT2D eigenvalue weighted by Crippen LogP contribution is -2.28. The third kappa shape index (κ3) is 4.87. The Hall–Kier alpha value is -3.29. The van der Waals surface area contributed by atoms with Crippen LogP contribution in [0.25, 0.3) is 11.0 Å². The van der Waals surface area contributed by atoms with Gasteiger partial charge in [0, 0.05) is 24.1 Å². The summed E-state index contributed by atoms with van der Waals surface area (Å²) in [5.74, 6) is -0.173. The van der Waals surface area contributed by atoms with Gasteiger partial charge in [-0.1, -0.05) is 12.1 Å². The highest BCUT2D eigenvalue weighted by molar-refractivity contribution is 5.79. The molecule has 0 saturated heterocycles. The number of hydrogen-bond donors (Lipinski definition) is 1. The zero-order valence-corrected chi connectivity index (χ0v) is 13.9. The second-order valence-electron chi connectivity index (χ2n) is 5.72. The molecule has 1 aromatic heterocycles. The van der Waals surface area contributed by atoms with Gasteiger partial charge < -0.3 is 14.5 Å². The smallest absolute Gasteiger partial charge is 0.416 e. The second-order valence-corrected chi connectivity index (χ2v) is 5.72. The molecule has 0 saturated carbocycles. The van der Waals surface area contributed by atoms with E-state index in [1.54, 1.807) is 18.2 Å². The van der Waals surface area contributed by atoms with Crippen molar-refractivity contribution in [3.8, 4) is 5.75 Å². The largest absolute Gasteiger partial charge is 0.484 e. The Morgan fingerprint density at radius 2 is 1.85 bits per heavy atom. The van der Waals surface area contributed by atoms with Gasteiger partial charge in [0.15, 0.2) is 6.61 Å². The number of carbonyl (C=O) groups excluding carboxylic acids is 1. The van der Waals surface area contributed by atoms with Gasteiger partial charge in [0.1, 0.15) is 11.3 Å². The van der Waals surface area contributed by atoms with E-state index in [-0.39, 0.29) is 13.2 Å². The standard InChI is InChI=1S/C19H14F3NO4/c20-19(21,22)14-3-1-2-12(8-14)10-23-17(24)11-26-15-6-4-13-5-7-18(25)27-16(13)9-15/h1-9H,10-11H2,(H,23,24). The molecule has 0 bridgehead atoms. The van der Waals surface area contributed by atoms with Crippen LogP contribution < -0.4 is 15.7 Å².